The number of H-pyrrole nitrogens is 1. The number of hydrogen-bond acceptors (Lipinski definition) is 6. The van der Waals surface area contributed by atoms with Gasteiger partial charge in [-0.05, 0) is 12.1 Å². The summed E-state index contributed by atoms with van der Waals surface area (Å²) >= 11 is 6.09. The molecule has 3 aromatic heterocycles. The maximum Gasteiger partial charge on any atom is 0.244 e. The third-order valence-corrected chi connectivity index (χ3v) is 3.75. The predicted octanol–water partition coefficient (Wildman–Crippen LogP) is 1.90. The van der Waals surface area contributed by atoms with Crippen LogP contribution in [0.4, 0.5) is 0 Å². The number of nitrogens with zero attached hydrogens (tertiary/aromatic N) is 4. The molecule has 0 aromatic carbocycles. The molecule has 0 aliphatic carbocycles. The summed E-state index contributed by atoms with van der Waals surface area (Å²) in [6, 6.07) is 3.45. The van der Waals surface area contributed by atoms with Gasteiger partial charge >= 0.3 is 0 Å². The number of rotatable bonds is 2. The lowest BCUT2D eigenvalue weighted by molar-refractivity contribution is 0.319. The molecule has 0 radical (unpaired) electrons. The van der Waals surface area contributed by atoms with Gasteiger partial charge in [-0.15, -0.1) is 0 Å². The van der Waals surface area contributed by atoms with Crippen molar-refractivity contribution < 1.29 is 4.52 Å². The van der Waals surface area contributed by atoms with Gasteiger partial charge in [0.1, 0.15) is 5.69 Å². The summed E-state index contributed by atoms with van der Waals surface area (Å²) in [5, 5.41) is 7.80. The zero-order chi connectivity index (χ0) is 14.2. The fourth-order valence-corrected chi connectivity index (χ4v) is 2.57. The first-order valence-corrected chi connectivity index (χ1v) is 6.88. The average Bonchev–Trinajstić information content (AvgIpc) is 3.16. The van der Waals surface area contributed by atoms with E-state index in [2.05, 4.69) is 30.4 Å². The Morgan fingerprint density at radius 2 is 2.29 bits per heavy atom. The van der Waals surface area contributed by atoms with Crippen molar-refractivity contribution in [2.24, 2.45) is 0 Å². The van der Waals surface area contributed by atoms with Crippen molar-refractivity contribution in [3.63, 3.8) is 0 Å². The molecule has 0 spiro atoms. The van der Waals surface area contributed by atoms with E-state index in [1.54, 1.807) is 24.7 Å². The van der Waals surface area contributed by atoms with Crippen molar-refractivity contribution >= 4 is 11.6 Å². The van der Waals surface area contributed by atoms with Crippen molar-refractivity contribution in [1.82, 2.24) is 30.4 Å². The predicted molar refractivity (Wildman–Crippen MR) is 74.4 cm³/mol. The van der Waals surface area contributed by atoms with Crippen molar-refractivity contribution in [2.75, 3.05) is 0 Å². The van der Waals surface area contributed by atoms with E-state index in [0.29, 0.717) is 35.4 Å². The van der Waals surface area contributed by atoms with Gasteiger partial charge in [-0.1, -0.05) is 16.8 Å². The highest BCUT2D eigenvalue weighted by atomic mass is 35.5. The van der Waals surface area contributed by atoms with Gasteiger partial charge in [-0.2, -0.15) is 4.98 Å². The fourth-order valence-electron chi connectivity index (χ4n) is 2.37. The Bertz CT molecular complexity index is 782. The molecule has 2 N–H and O–H groups in total. The molecule has 7 nitrogen and oxygen atoms in total. The third kappa shape index (κ3) is 2.20. The molecule has 3 aromatic rings. The molecule has 8 heteroatoms. The molecule has 0 fully saturated rings. The van der Waals surface area contributed by atoms with Gasteiger partial charge < -0.3 is 9.51 Å². The minimum Gasteiger partial charge on any atom is -0.347 e. The second-order valence-electron chi connectivity index (χ2n) is 4.76. The monoisotopic (exact) mass is 302 g/mol. The highest BCUT2D eigenvalue weighted by molar-refractivity contribution is 6.32. The summed E-state index contributed by atoms with van der Waals surface area (Å²) in [6.45, 7) is 0.696. The van der Waals surface area contributed by atoms with Crippen molar-refractivity contribution in [2.45, 2.75) is 19.0 Å². The number of imidazole rings is 1. The van der Waals surface area contributed by atoms with Crippen LogP contribution < -0.4 is 5.32 Å². The van der Waals surface area contributed by atoms with Crippen molar-refractivity contribution in [1.29, 1.82) is 0 Å². The van der Waals surface area contributed by atoms with Gasteiger partial charge in [0.2, 0.25) is 11.7 Å². The Morgan fingerprint density at radius 3 is 3.19 bits per heavy atom. The topological polar surface area (TPSA) is 92.5 Å². The Balaban J connectivity index is 1.62. The number of fused-ring (bicyclic) bond motifs is 1. The van der Waals surface area contributed by atoms with Gasteiger partial charge in [0.25, 0.3) is 0 Å². The lowest BCUT2D eigenvalue weighted by Gasteiger charge is -2.19. The number of pyridine rings is 1. The zero-order valence-electron chi connectivity index (χ0n) is 10.9. The Hall–Kier alpha value is -2.25. The lowest BCUT2D eigenvalue weighted by atomic mass is 10.1. The molecule has 0 bridgehead atoms. The van der Waals surface area contributed by atoms with E-state index in [1.165, 1.54) is 0 Å². The molecule has 0 amide bonds. The molecule has 4 heterocycles. The Labute approximate surface area is 124 Å². The highest BCUT2D eigenvalue weighted by Gasteiger charge is 2.26. The summed E-state index contributed by atoms with van der Waals surface area (Å²) in [6.07, 6.45) is 4.05. The number of aromatic nitrogens is 5. The number of nitrogens with one attached hydrogen (secondary N) is 2. The highest BCUT2D eigenvalue weighted by Crippen LogP contribution is 2.26. The van der Waals surface area contributed by atoms with Crippen LogP contribution in [-0.4, -0.2) is 25.1 Å². The molecule has 4 rings (SSSR count). The molecule has 1 aliphatic rings. The second kappa shape index (κ2) is 4.94. The van der Waals surface area contributed by atoms with Crippen LogP contribution in [0.15, 0.2) is 29.2 Å². The standard InChI is InChI=1S/C13H11ClN6O/c14-7-2-1-3-15-11(7)12-19-13(21-20-12)9-4-8-10(5-16-9)18-6-17-8/h1-3,6,9,16H,4-5H2,(H,17,18). The molecule has 1 unspecified atom stereocenters. The summed E-state index contributed by atoms with van der Waals surface area (Å²) in [5.74, 6) is 0.908. The van der Waals surface area contributed by atoms with E-state index in [-0.39, 0.29) is 6.04 Å². The van der Waals surface area contributed by atoms with Crippen LogP contribution in [0.2, 0.25) is 5.02 Å². The number of aromatic amines is 1. The molecule has 0 saturated carbocycles. The van der Waals surface area contributed by atoms with Crippen LogP contribution in [0.3, 0.4) is 0 Å². The number of halogens is 1. The summed E-state index contributed by atoms with van der Waals surface area (Å²) in [4.78, 5) is 16.0. The van der Waals surface area contributed by atoms with Crippen LogP contribution in [0.5, 0.6) is 0 Å². The molecule has 1 atom stereocenters. The van der Waals surface area contributed by atoms with Crippen molar-refractivity contribution in [3.05, 3.63) is 47.0 Å². The summed E-state index contributed by atoms with van der Waals surface area (Å²) in [7, 11) is 0. The first-order chi connectivity index (χ1) is 10.3. The molecular formula is C13H11ClN6O. The van der Waals surface area contributed by atoms with E-state index in [9.17, 15) is 0 Å². The van der Waals surface area contributed by atoms with Gasteiger partial charge in [0, 0.05) is 19.2 Å². The Kier molecular flexibility index (Phi) is 2.94. The minimum absolute atomic E-state index is 0.0514. The lowest BCUT2D eigenvalue weighted by Crippen LogP contribution is -2.28. The maximum atomic E-state index is 6.09. The van der Waals surface area contributed by atoms with Crippen LogP contribution in [0.25, 0.3) is 11.5 Å². The second-order valence-corrected chi connectivity index (χ2v) is 5.16. The van der Waals surface area contributed by atoms with E-state index in [0.717, 1.165) is 11.4 Å². The first-order valence-electron chi connectivity index (χ1n) is 6.50. The quantitative estimate of drug-likeness (QED) is 0.751. The molecule has 1 aliphatic heterocycles. The first kappa shape index (κ1) is 12.5. The Morgan fingerprint density at radius 1 is 1.33 bits per heavy atom. The third-order valence-electron chi connectivity index (χ3n) is 3.44. The van der Waals surface area contributed by atoms with Crippen molar-refractivity contribution in [3.8, 4) is 11.5 Å². The van der Waals surface area contributed by atoms with Gasteiger partial charge in [-0.25, -0.2) is 4.98 Å². The van der Waals surface area contributed by atoms with Crippen LogP contribution in [-0.2, 0) is 13.0 Å². The van der Waals surface area contributed by atoms with E-state index >= 15 is 0 Å². The molecule has 21 heavy (non-hydrogen) atoms. The minimum atomic E-state index is -0.0514. The van der Waals surface area contributed by atoms with Crippen LogP contribution in [0.1, 0.15) is 23.3 Å². The molecule has 0 saturated heterocycles. The zero-order valence-corrected chi connectivity index (χ0v) is 11.6. The van der Waals surface area contributed by atoms with E-state index < -0.39 is 0 Å². The van der Waals surface area contributed by atoms with E-state index in [4.69, 9.17) is 16.1 Å². The smallest absolute Gasteiger partial charge is 0.244 e. The van der Waals surface area contributed by atoms with Crippen LogP contribution in [0, 0.1) is 0 Å². The molecular weight excluding hydrogens is 292 g/mol. The molecule has 106 valence electrons. The van der Waals surface area contributed by atoms with E-state index in [1.807, 2.05) is 0 Å². The van der Waals surface area contributed by atoms with Gasteiger partial charge in [0.05, 0.1) is 28.8 Å². The SMILES string of the molecule is Clc1cccnc1-c1noc(C2Cc3nc[nH]c3CN2)n1. The fraction of sp³-hybridized carbons (Fsp3) is 0.231. The summed E-state index contributed by atoms with van der Waals surface area (Å²) < 4.78 is 5.34. The maximum absolute atomic E-state index is 6.09. The van der Waals surface area contributed by atoms with Crippen LogP contribution >= 0.6 is 11.6 Å². The normalized spacial score (nSPS) is 17.7. The summed E-state index contributed by atoms with van der Waals surface area (Å²) in [5.41, 5.74) is 2.64. The number of hydrogen-bond donors (Lipinski definition) is 2. The largest absolute Gasteiger partial charge is 0.347 e. The van der Waals surface area contributed by atoms with Gasteiger partial charge in [0.15, 0.2) is 0 Å². The van der Waals surface area contributed by atoms with Gasteiger partial charge in [-0.3, -0.25) is 10.3 Å². The average molecular weight is 303 g/mol.